The van der Waals surface area contributed by atoms with Gasteiger partial charge in [-0.3, -0.25) is 4.40 Å². The number of anilines is 2. The molecule has 1 aliphatic rings. The van der Waals surface area contributed by atoms with Crippen LogP contribution in [-0.2, 0) is 0 Å². The number of nitrogens with zero attached hydrogens (tertiary/aromatic N) is 5. The predicted octanol–water partition coefficient (Wildman–Crippen LogP) is 2.09. The molecular weight excluding hydrogens is 276 g/mol. The molecule has 0 saturated carbocycles. The van der Waals surface area contributed by atoms with Gasteiger partial charge in [0.25, 0.3) is 0 Å². The highest BCUT2D eigenvalue weighted by atomic mass is 15.4. The number of hydrogen-bond acceptors (Lipinski definition) is 5. The van der Waals surface area contributed by atoms with Crippen molar-refractivity contribution in [1.29, 1.82) is 0 Å². The lowest BCUT2D eigenvalue weighted by Crippen LogP contribution is -2.35. The number of hydrogen-bond donors (Lipinski definition) is 1. The molecule has 1 aromatic carbocycles. The van der Waals surface area contributed by atoms with Crippen LogP contribution in [0.2, 0.25) is 0 Å². The molecular formula is C16H18N6. The number of aromatic nitrogens is 4. The fourth-order valence-electron chi connectivity index (χ4n) is 3.20. The van der Waals surface area contributed by atoms with Crippen molar-refractivity contribution in [2.75, 3.05) is 23.7 Å². The van der Waals surface area contributed by atoms with Gasteiger partial charge in [-0.2, -0.15) is 0 Å². The molecule has 3 aromatic rings. The maximum absolute atomic E-state index is 5.86. The van der Waals surface area contributed by atoms with Crippen molar-refractivity contribution in [3.8, 4) is 0 Å². The first-order valence-electron chi connectivity index (χ1n) is 7.58. The fourth-order valence-corrected chi connectivity index (χ4v) is 3.20. The van der Waals surface area contributed by atoms with Gasteiger partial charge in [-0.05, 0) is 18.4 Å². The van der Waals surface area contributed by atoms with E-state index >= 15 is 0 Å². The van der Waals surface area contributed by atoms with Crippen molar-refractivity contribution < 1.29 is 0 Å². The molecule has 0 amide bonds. The van der Waals surface area contributed by atoms with Crippen molar-refractivity contribution in [1.82, 2.24) is 19.6 Å². The molecule has 0 spiro atoms. The summed E-state index contributed by atoms with van der Waals surface area (Å²) in [7, 11) is 0. The molecule has 1 unspecified atom stereocenters. The van der Waals surface area contributed by atoms with E-state index in [4.69, 9.17) is 5.73 Å². The second-order valence-corrected chi connectivity index (χ2v) is 5.70. The van der Waals surface area contributed by atoms with Gasteiger partial charge in [0.05, 0.1) is 0 Å². The molecule has 1 saturated heterocycles. The highest BCUT2D eigenvalue weighted by molar-refractivity contribution is 5.61. The zero-order valence-electron chi connectivity index (χ0n) is 12.3. The summed E-state index contributed by atoms with van der Waals surface area (Å²) >= 11 is 0. The van der Waals surface area contributed by atoms with E-state index in [0.29, 0.717) is 17.4 Å². The minimum Gasteiger partial charge on any atom is -0.381 e. The molecule has 6 nitrogen and oxygen atoms in total. The second-order valence-electron chi connectivity index (χ2n) is 5.70. The van der Waals surface area contributed by atoms with Gasteiger partial charge < -0.3 is 10.6 Å². The van der Waals surface area contributed by atoms with Gasteiger partial charge in [0, 0.05) is 31.4 Å². The molecule has 2 N–H and O–H groups in total. The monoisotopic (exact) mass is 294 g/mol. The quantitative estimate of drug-likeness (QED) is 0.783. The van der Waals surface area contributed by atoms with E-state index in [1.54, 1.807) is 6.20 Å². The molecule has 3 heterocycles. The van der Waals surface area contributed by atoms with Crippen LogP contribution in [0.5, 0.6) is 0 Å². The van der Waals surface area contributed by atoms with E-state index in [-0.39, 0.29) is 0 Å². The first-order chi connectivity index (χ1) is 10.8. The molecule has 2 aromatic heterocycles. The fraction of sp³-hybridized carbons (Fsp3) is 0.312. The van der Waals surface area contributed by atoms with Gasteiger partial charge in [-0.25, -0.2) is 4.98 Å². The van der Waals surface area contributed by atoms with E-state index in [9.17, 15) is 0 Å². The lowest BCUT2D eigenvalue weighted by molar-refractivity contribution is 0.502. The summed E-state index contributed by atoms with van der Waals surface area (Å²) in [6.45, 7) is 1.94. The summed E-state index contributed by atoms with van der Waals surface area (Å²) in [5.41, 5.74) is 7.88. The van der Waals surface area contributed by atoms with Crippen LogP contribution in [0.15, 0.2) is 42.7 Å². The van der Waals surface area contributed by atoms with Gasteiger partial charge in [-0.15, -0.1) is 10.2 Å². The summed E-state index contributed by atoms with van der Waals surface area (Å²) in [4.78, 5) is 6.36. The van der Waals surface area contributed by atoms with Gasteiger partial charge in [-0.1, -0.05) is 30.3 Å². The van der Waals surface area contributed by atoms with Gasteiger partial charge >= 0.3 is 0 Å². The van der Waals surface area contributed by atoms with Crippen molar-refractivity contribution in [2.45, 2.75) is 18.8 Å². The molecule has 1 atom stereocenters. The van der Waals surface area contributed by atoms with Crippen LogP contribution >= 0.6 is 0 Å². The Morgan fingerprint density at radius 2 is 2.00 bits per heavy atom. The molecule has 112 valence electrons. The Balaban J connectivity index is 1.66. The molecule has 1 fully saturated rings. The van der Waals surface area contributed by atoms with Crippen LogP contribution in [0.25, 0.3) is 5.65 Å². The van der Waals surface area contributed by atoms with E-state index in [0.717, 1.165) is 25.5 Å². The van der Waals surface area contributed by atoms with Gasteiger partial charge in [0.1, 0.15) is 0 Å². The zero-order valence-corrected chi connectivity index (χ0v) is 12.3. The van der Waals surface area contributed by atoms with Gasteiger partial charge in [0.2, 0.25) is 11.6 Å². The third-order valence-corrected chi connectivity index (χ3v) is 4.31. The lowest BCUT2D eigenvalue weighted by atomic mass is 9.91. The van der Waals surface area contributed by atoms with Crippen LogP contribution in [-0.4, -0.2) is 32.7 Å². The maximum atomic E-state index is 5.86. The SMILES string of the molecule is Nc1nccn2c(N3CCCC(c4ccccc4)C3)nnc12. The molecule has 0 bridgehead atoms. The van der Waals surface area contributed by atoms with E-state index < -0.39 is 0 Å². The van der Waals surface area contributed by atoms with Crippen molar-refractivity contribution in [2.24, 2.45) is 0 Å². The Morgan fingerprint density at radius 1 is 1.14 bits per heavy atom. The Kier molecular flexibility index (Phi) is 3.14. The van der Waals surface area contributed by atoms with Crippen LogP contribution in [0.4, 0.5) is 11.8 Å². The Bertz CT molecular complexity index is 782. The minimum atomic E-state index is 0.415. The smallest absolute Gasteiger partial charge is 0.231 e. The Hall–Kier alpha value is -2.63. The molecule has 6 heteroatoms. The lowest BCUT2D eigenvalue weighted by Gasteiger charge is -2.33. The van der Waals surface area contributed by atoms with Crippen LogP contribution in [0, 0.1) is 0 Å². The Morgan fingerprint density at radius 3 is 2.86 bits per heavy atom. The summed E-state index contributed by atoms with van der Waals surface area (Å²) in [5, 5.41) is 8.50. The largest absolute Gasteiger partial charge is 0.381 e. The second kappa shape index (κ2) is 5.29. The topological polar surface area (TPSA) is 72.3 Å². The summed E-state index contributed by atoms with van der Waals surface area (Å²) in [6, 6.07) is 10.7. The first-order valence-corrected chi connectivity index (χ1v) is 7.58. The standard InChI is InChI=1S/C16H18N6/c17-14-15-19-20-16(22(15)10-8-18-14)21-9-4-7-13(11-21)12-5-2-1-3-6-12/h1-3,5-6,8,10,13H,4,7,9,11H2,(H2,17,18). The number of nitrogens with two attached hydrogens (primary N) is 1. The van der Waals surface area contributed by atoms with Crippen molar-refractivity contribution >= 4 is 17.4 Å². The average Bonchev–Trinajstić information content (AvgIpc) is 3.01. The maximum Gasteiger partial charge on any atom is 0.231 e. The van der Waals surface area contributed by atoms with Gasteiger partial charge in [0.15, 0.2) is 5.82 Å². The van der Waals surface area contributed by atoms with E-state index in [2.05, 4.69) is 50.4 Å². The highest BCUT2D eigenvalue weighted by Gasteiger charge is 2.24. The van der Waals surface area contributed by atoms with E-state index in [1.165, 1.54) is 12.0 Å². The third-order valence-electron chi connectivity index (χ3n) is 4.31. The normalized spacial score (nSPS) is 18.7. The molecule has 0 aliphatic carbocycles. The van der Waals surface area contributed by atoms with Crippen LogP contribution < -0.4 is 10.6 Å². The number of benzene rings is 1. The summed E-state index contributed by atoms with van der Waals surface area (Å²) < 4.78 is 1.93. The van der Waals surface area contributed by atoms with Crippen LogP contribution in [0.3, 0.4) is 0 Å². The van der Waals surface area contributed by atoms with E-state index in [1.807, 2.05) is 10.6 Å². The molecule has 1 aliphatic heterocycles. The van der Waals surface area contributed by atoms with Crippen molar-refractivity contribution in [3.05, 3.63) is 48.3 Å². The van der Waals surface area contributed by atoms with Crippen molar-refractivity contribution in [3.63, 3.8) is 0 Å². The minimum absolute atomic E-state index is 0.415. The summed E-state index contributed by atoms with van der Waals surface area (Å²) in [6.07, 6.45) is 5.91. The molecule has 22 heavy (non-hydrogen) atoms. The number of nitrogen functional groups attached to an aromatic ring is 1. The average molecular weight is 294 g/mol. The summed E-state index contributed by atoms with van der Waals surface area (Å²) in [5.74, 6) is 1.80. The number of piperidine rings is 1. The highest BCUT2D eigenvalue weighted by Crippen LogP contribution is 2.29. The third kappa shape index (κ3) is 2.16. The predicted molar refractivity (Wildman–Crippen MR) is 85.8 cm³/mol. The first kappa shape index (κ1) is 13.1. The zero-order chi connectivity index (χ0) is 14.9. The molecule has 4 rings (SSSR count). The Labute approximate surface area is 128 Å². The number of fused-ring (bicyclic) bond motifs is 1. The molecule has 0 radical (unpaired) electrons. The van der Waals surface area contributed by atoms with Crippen LogP contribution in [0.1, 0.15) is 24.3 Å². The number of rotatable bonds is 2.